The number of nitrogens with two attached hydrogens (primary N) is 1. The summed E-state index contributed by atoms with van der Waals surface area (Å²) < 4.78 is 0. The zero-order valence-corrected chi connectivity index (χ0v) is 9.50. The van der Waals surface area contributed by atoms with Crippen molar-refractivity contribution in [2.45, 2.75) is 6.92 Å². The summed E-state index contributed by atoms with van der Waals surface area (Å²) in [6, 6.07) is 9.55. The highest BCUT2D eigenvalue weighted by atomic mass is 16.4. The maximum absolute atomic E-state index is 10.7. The van der Waals surface area contributed by atoms with E-state index in [9.17, 15) is 4.79 Å². The number of carbonyl (C=O) groups is 1. The molecule has 0 radical (unpaired) electrons. The van der Waals surface area contributed by atoms with E-state index >= 15 is 0 Å². The number of hydrogen-bond acceptors (Lipinski definition) is 2. The van der Waals surface area contributed by atoms with Crippen LogP contribution in [0.25, 0.3) is 6.08 Å². The van der Waals surface area contributed by atoms with Crippen LogP contribution >= 0.6 is 0 Å². The number of aliphatic carboxylic acids is 1. The van der Waals surface area contributed by atoms with Gasteiger partial charge in [0.25, 0.3) is 0 Å². The van der Waals surface area contributed by atoms with Crippen molar-refractivity contribution >= 4 is 17.9 Å². The first kappa shape index (κ1) is 12.7. The SMILES string of the molecule is C\C=C(/N=C(N)\C=C\c1ccccc1)C(=O)O. The molecule has 0 saturated heterocycles. The Labute approximate surface area is 99.8 Å². The molecular weight excluding hydrogens is 216 g/mol. The Morgan fingerprint density at radius 3 is 2.53 bits per heavy atom. The molecule has 0 atom stereocenters. The summed E-state index contributed by atoms with van der Waals surface area (Å²) in [5.74, 6) is -0.937. The van der Waals surface area contributed by atoms with Gasteiger partial charge in [0.15, 0.2) is 0 Å². The Hall–Kier alpha value is -2.36. The van der Waals surface area contributed by atoms with Crippen molar-refractivity contribution in [2.75, 3.05) is 0 Å². The number of rotatable bonds is 4. The van der Waals surface area contributed by atoms with Crippen molar-refractivity contribution in [3.8, 4) is 0 Å². The average molecular weight is 230 g/mol. The lowest BCUT2D eigenvalue weighted by atomic mass is 10.2. The van der Waals surface area contributed by atoms with E-state index in [4.69, 9.17) is 10.8 Å². The van der Waals surface area contributed by atoms with Crippen LogP contribution in [0.4, 0.5) is 0 Å². The molecule has 0 heterocycles. The van der Waals surface area contributed by atoms with Crippen molar-refractivity contribution in [3.05, 3.63) is 53.7 Å². The molecule has 4 nitrogen and oxygen atoms in total. The predicted molar refractivity (Wildman–Crippen MR) is 68.5 cm³/mol. The summed E-state index contributed by atoms with van der Waals surface area (Å²) in [5.41, 5.74) is 6.50. The van der Waals surface area contributed by atoms with Gasteiger partial charge in [-0.05, 0) is 18.6 Å². The van der Waals surface area contributed by atoms with Crippen LogP contribution < -0.4 is 5.73 Å². The minimum Gasteiger partial charge on any atom is -0.477 e. The zero-order chi connectivity index (χ0) is 12.7. The molecule has 1 aromatic carbocycles. The third-order valence-electron chi connectivity index (χ3n) is 1.99. The molecule has 0 spiro atoms. The molecule has 0 unspecified atom stereocenters. The van der Waals surface area contributed by atoms with Crippen LogP contribution in [-0.2, 0) is 4.79 Å². The lowest BCUT2D eigenvalue weighted by molar-refractivity contribution is -0.132. The van der Waals surface area contributed by atoms with Gasteiger partial charge in [0, 0.05) is 0 Å². The maximum Gasteiger partial charge on any atom is 0.354 e. The van der Waals surface area contributed by atoms with Crippen LogP contribution in [0, 0.1) is 0 Å². The lowest BCUT2D eigenvalue weighted by Crippen LogP contribution is -2.10. The molecule has 0 fully saturated rings. The van der Waals surface area contributed by atoms with Gasteiger partial charge >= 0.3 is 5.97 Å². The topological polar surface area (TPSA) is 75.7 Å². The van der Waals surface area contributed by atoms with Crippen molar-refractivity contribution in [2.24, 2.45) is 10.7 Å². The maximum atomic E-state index is 10.7. The minimum atomic E-state index is -1.09. The Kier molecular flexibility index (Phi) is 4.69. The number of amidine groups is 1. The van der Waals surface area contributed by atoms with E-state index in [2.05, 4.69) is 4.99 Å². The second-order valence-electron chi connectivity index (χ2n) is 3.26. The third-order valence-corrected chi connectivity index (χ3v) is 1.99. The summed E-state index contributed by atoms with van der Waals surface area (Å²) in [4.78, 5) is 14.5. The molecule has 3 N–H and O–H groups in total. The summed E-state index contributed by atoms with van der Waals surface area (Å²) in [6.45, 7) is 1.60. The van der Waals surface area contributed by atoms with Crippen molar-refractivity contribution in [3.63, 3.8) is 0 Å². The van der Waals surface area contributed by atoms with Crippen molar-refractivity contribution in [1.29, 1.82) is 0 Å². The number of nitrogens with zero attached hydrogens (tertiary/aromatic N) is 1. The first-order chi connectivity index (χ1) is 8.13. The summed E-state index contributed by atoms with van der Waals surface area (Å²) in [5, 5.41) is 8.75. The van der Waals surface area contributed by atoms with E-state index < -0.39 is 5.97 Å². The molecule has 0 aliphatic carbocycles. The van der Waals surface area contributed by atoms with Gasteiger partial charge in [-0.15, -0.1) is 0 Å². The first-order valence-electron chi connectivity index (χ1n) is 5.10. The van der Waals surface area contributed by atoms with E-state index in [1.807, 2.05) is 30.3 Å². The first-order valence-corrected chi connectivity index (χ1v) is 5.10. The Morgan fingerprint density at radius 2 is 2.00 bits per heavy atom. The Bertz CT molecular complexity index is 473. The van der Waals surface area contributed by atoms with Gasteiger partial charge in [0.05, 0.1) is 0 Å². The average Bonchev–Trinajstić information content (AvgIpc) is 2.34. The van der Waals surface area contributed by atoms with Gasteiger partial charge in [-0.3, -0.25) is 0 Å². The number of hydrogen-bond donors (Lipinski definition) is 2. The largest absolute Gasteiger partial charge is 0.477 e. The highest BCUT2D eigenvalue weighted by Gasteiger charge is 2.03. The van der Waals surface area contributed by atoms with E-state index in [1.54, 1.807) is 19.1 Å². The second kappa shape index (κ2) is 6.27. The number of allylic oxidation sites excluding steroid dienone is 1. The van der Waals surface area contributed by atoms with Gasteiger partial charge in [-0.25, -0.2) is 9.79 Å². The normalized spacial score (nSPS) is 13.0. The molecule has 0 aromatic heterocycles. The van der Waals surface area contributed by atoms with Crippen LogP contribution in [0.2, 0.25) is 0 Å². The molecule has 1 aromatic rings. The number of aliphatic imine (C=N–C) groups is 1. The third kappa shape index (κ3) is 4.34. The van der Waals surface area contributed by atoms with Gasteiger partial charge in [0.2, 0.25) is 0 Å². The molecule has 0 aliphatic rings. The zero-order valence-electron chi connectivity index (χ0n) is 9.50. The van der Waals surface area contributed by atoms with E-state index in [1.165, 1.54) is 6.08 Å². The van der Waals surface area contributed by atoms with Crippen LogP contribution in [0.1, 0.15) is 12.5 Å². The Balaban J connectivity index is 2.79. The summed E-state index contributed by atoms with van der Waals surface area (Å²) in [7, 11) is 0. The predicted octanol–water partition coefficient (Wildman–Crippen LogP) is 2.05. The molecule has 17 heavy (non-hydrogen) atoms. The molecule has 0 aliphatic heterocycles. The summed E-state index contributed by atoms with van der Waals surface area (Å²) >= 11 is 0. The monoisotopic (exact) mass is 230 g/mol. The smallest absolute Gasteiger partial charge is 0.354 e. The van der Waals surface area contributed by atoms with Crippen LogP contribution in [0.5, 0.6) is 0 Å². The highest BCUT2D eigenvalue weighted by Crippen LogP contribution is 2.02. The second-order valence-corrected chi connectivity index (χ2v) is 3.26. The summed E-state index contributed by atoms with van der Waals surface area (Å²) in [6.07, 6.45) is 4.74. The number of benzene rings is 1. The molecule has 1 rings (SSSR count). The van der Waals surface area contributed by atoms with Crippen LogP contribution in [0.15, 0.2) is 53.2 Å². The molecule has 0 saturated carbocycles. The van der Waals surface area contributed by atoms with E-state index in [0.717, 1.165) is 5.56 Å². The molecule has 88 valence electrons. The molecule has 0 bridgehead atoms. The fourth-order valence-electron chi connectivity index (χ4n) is 1.16. The van der Waals surface area contributed by atoms with Crippen molar-refractivity contribution < 1.29 is 9.90 Å². The van der Waals surface area contributed by atoms with Gasteiger partial charge in [-0.1, -0.05) is 42.5 Å². The van der Waals surface area contributed by atoms with Gasteiger partial charge < -0.3 is 10.8 Å². The molecular formula is C13H14N2O2. The number of carboxylic acids is 1. The quantitative estimate of drug-likeness (QED) is 0.472. The van der Waals surface area contributed by atoms with Gasteiger partial charge in [-0.2, -0.15) is 0 Å². The molecule has 0 amide bonds. The fraction of sp³-hybridized carbons (Fsp3) is 0.0769. The lowest BCUT2D eigenvalue weighted by Gasteiger charge is -1.95. The van der Waals surface area contributed by atoms with Crippen LogP contribution in [-0.4, -0.2) is 16.9 Å². The standard InChI is InChI=1S/C13H14N2O2/c1-2-11(13(16)17)15-12(14)9-8-10-6-4-3-5-7-10/h2-9H,1H3,(H2,14,15)(H,16,17)/b9-8+,11-2-. The minimum absolute atomic E-state index is 0.0692. The van der Waals surface area contributed by atoms with E-state index in [0.29, 0.717) is 0 Å². The highest BCUT2D eigenvalue weighted by molar-refractivity contribution is 5.99. The van der Waals surface area contributed by atoms with Gasteiger partial charge in [0.1, 0.15) is 11.5 Å². The Morgan fingerprint density at radius 1 is 1.35 bits per heavy atom. The van der Waals surface area contributed by atoms with Crippen molar-refractivity contribution in [1.82, 2.24) is 0 Å². The number of carboxylic acid groups (broad SMARTS) is 1. The van der Waals surface area contributed by atoms with Crippen LogP contribution in [0.3, 0.4) is 0 Å². The fourth-order valence-corrected chi connectivity index (χ4v) is 1.16. The van der Waals surface area contributed by atoms with E-state index in [-0.39, 0.29) is 11.5 Å². The molecule has 4 heteroatoms.